The van der Waals surface area contributed by atoms with Gasteiger partial charge in [-0.1, -0.05) is 12.1 Å². The lowest BCUT2D eigenvalue weighted by molar-refractivity contribution is 0.635. The topological polar surface area (TPSA) is 60.4 Å². The fourth-order valence-electron chi connectivity index (χ4n) is 3.50. The summed E-state index contributed by atoms with van der Waals surface area (Å²) in [6.07, 6.45) is 1.84. The third kappa shape index (κ3) is 4.45. The zero-order valence-corrected chi connectivity index (χ0v) is 18.1. The van der Waals surface area contributed by atoms with E-state index in [9.17, 15) is 0 Å². The summed E-state index contributed by atoms with van der Waals surface area (Å²) in [5, 5.41) is 3.46. The molecule has 0 unspecified atom stereocenters. The smallest absolute Gasteiger partial charge is 0.229 e. The molecular formula is C23H29N7. The number of piperazine rings is 1. The van der Waals surface area contributed by atoms with Crippen molar-refractivity contribution in [3.8, 4) is 0 Å². The summed E-state index contributed by atoms with van der Waals surface area (Å²) in [5.41, 5.74) is 3.57. The second-order valence-electron chi connectivity index (χ2n) is 7.89. The molecule has 7 heteroatoms. The van der Waals surface area contributed by atoms with E-state index in [2.05, 4.69) is 58.2 Å². The molecule has 1 N–H and O–H groups in total. The van der Waals surface area contributed by atoms with Crippen LogP contribution in [0.3, 0.4) is 0 Å². The quantitative estimate of drug-likeness (QED) is 0.698. The molecule has 7 nitrogen and oxygen atoms in total. The summed E-state index contributed by atoms with van der Waals surface area (Å²) >= 11 is 0. The van der Waals surface area contributed by atoms with Crippen molar-refractivity contribution in [3.05, 3.63) is 59.8 Å². The van der Waals surface area contributed by atoms with E-state index in [1.807, 2.05) is 43.4 Å². The van der Waals surface area contributed by atoms with E-state index in [1.165, 1.54) is 11.1 Å². The lowest BCUT2D eigenvalue weighted by Gasteiger charge is -2.35. The number of nitrogens with zero attached hydrogens (tertiary/aromatic N) is 6. The number of aromatic nitrogens is 3. The van der Waals surface area contributed by atoms with E-state index < -0.39 is 0 Å². The van der Waals surface area contributed by atoms with Crippen LogP contribution in [-0.2, 0) is 0 Å². The largest absolute Gasteiger partial charge is 0.363 e. The summed E-state index contributed by atoms with van der Waals surface area (Å²) < 4.78 is 0. The van der Waals surface area contributed by atoms with Crippen LogP contribution in [0.1, 0.15) is 11.1 Å². The zero-order valence-electron chi connectivity index (χ0n) is 18.1. The van der Waals surface area contributed by atoms with Crippen molar-refractivity contribution < 1.29 is 0 Å². The van der Waals surface area contributed by atoms with Crippen molar-refractivity contribution in [3.63, 3.8) is 0 Å². The highest BCUT2D eigenvalue weighted by atomic mass is 15.3. The van der Waals surface area contributed by atoms with Crippen LogP contribution in [0, 0.1) is 13.8 Å². The Hall–Kier alpha value is -3.35. The normalized spacial score (nSPS) is 14.0. The summed E-state index contributed by atoms with van der Waals surface area (Å²) in [5.74, 6) is 3.48. The van der Waals surface area contributed by atoms with Crippen LogP contribution in [0.4, 0.5) is 29.1 Å². The van der Waals surface area contributed by atoms with Crippen molar-refractivity contribution >= 4 is 29.1 Å². The molecule has 30 heavy (non-hydrogen) atoms. The molecule has 0 amide bonds. The highest BCUT2D eigenvalue weighted by molar-refractivity contribution is 5.63. The van der Waals surface area contributed by atoms with Gasteiger partial charge in [-0.3, -0.25) is 0 Å². The average Bonchev–Trinajstić information content (AvgIpc) is 2.77. The van der Waals surface area contributed by atoms with E-state index in [1.54, 1.807) is 0 Å². The summed E-state index contributed by atoms with van der Waals surface area (Å²) in [4.78, 5) is 20.7. The first-order chi connectivity index (χ1) is 14.5. The zero-order chi connectivity index (χ0) is 21.1. The maximum Gasteiger partial charge on any atom is 0.229 e. The first-order valence-corrected chi connectivity index (χ1v) is 10.3. The summed E-state index contributed by atoms with van der Waals surface area (Å²) in [6.45, 7) is 7.75. The van der Waals surface area contributed by atoms with Gasteiger partial charge in [0.25, 0.3) is 0 Å². The van der Waals surface area contributed by atoms with Gasteiger partial charge in [0, 0.05) is 58.2 Å². The molecule has 0 spiro atoms. The molecule has 3 heterocycles. The Morgan fingerprint density at radius 1 is 0.867 bits per heavy atom. The van der Waals surface area contributed by atoms with Gasteiger partial charge in [0.15, 0.2) is 0 Å². The number of hydrogen-bond acceptors (Lipinski definition) is 7. The van der Waals surface area contributed by atoms with Crippen LogP contribution in [0.25, 0.3) is 0 Å². The Morgan fingerprint density at radius 3 is 2.30 bits per heavy atom. The van der Waals surface area contributed by atoms with Crippen molar-refractivity contribution in [1.29, 1.82) is 0 Å². The van der Waals surface area contributed by atoms with Gasteiger partial charge in [0.1, 0.15) is 17.5 Å². The van der Waals surface area contributed by atoms with E-state index >= 15 is 0 Å². The van der Waals surface area contributed by atoms with E-state index in [-0.39, 0.29) is 0 Å². The Balaban J connectivity index is 1.53. The van der Waals surface area contributed by atoms with Crippen molar-refractivity contribution in [1.82, 2.24) is 15.0 Å². The molecule has 3 aromatic rings. The predicted octanol–water partition coefficient (Wildman–Crippen LogP) is 3.62. The van der Waals surface area contributed by atoms with Gasteiger partial charge < -0.3 is 20.0 Å². The molecule has 0 bridgehead atoms. The molecule has 4 rings (SSSR count). The van der Waals surface area contributed by atoms with Gasteiger partial charge in [-0.25, -0.2) is 4.98 Å². The third-order valence-electron chi connectivity index (χ3n) is 5.47. The van der Waals surface area contributed by atoms with Crippen LogP contribution in [-0.4, -0.2) is 55.2 Å². The van der Waals surface area contributed by atoms with Crippen LogP contribution >= 0.6 is 0 Å². The van der Waals surface area contributed by atoms with Crippen LogP contribution in [0.2, 0.25) is 0 Å². The first-order valence-electron chi connectivity index (χ1n) is 10.3. The molecule has 156 valence electrons. The van der Waals surface area contributed by atoms with Gasteiger partial charge in [-0.05, 0) is 49.2 Å². The molecule has 1 aromatic carbocycles. The van der Waals surface area contributed by atoms with Gasteiger partial charge >= 0.3 is 0 Å². The minimum absolute atomic E-state index is 0.758. The van der Waals surface area contributed by atoms with E-state index in [0.29, 0.717) is 0 Å². The predicted molar refractivity (Wildman–Crippen MR) is 124 cm³/mol. The molecule has 0 aliphatic carbocycles. The molecule has 1 aliphatic heterocycles. The highest BCUT2D eigenvalue weighted by Crippen LogP contribution is 2.24. The maximum atomic E-state index is 4.83. The molecule has 0 radical (unpaired) electrons. The van der Waals surface area contributed by atoms with Crippen molar-refractivity contribution in [2.75, 3.05) is 60.3 Å². The summed E-state index contributed by atoms with van der Waals surface area (Å²) in [6, 6.07) is 14.4. The SMILES string of the molecule is Cc1ccc(Nc2cc(N(C)C)nc(N3CCN(c4ccccn4)CC3)n2)cc1C. The fourth-order valence-corrected chi connectivity index (χ4v) is 3.50. The molecule has 0 atom stereocenters. The minimum atomic E-state index is 0.758. The van der Waals surface area contributed by atoms with E-state index in [4.69, 9.17) is 9.97 Å². The molecule has 1 saturated heterocycles. The Labute approximate surface area is 178 Å². The molecule has 1 fully saturated rings. The monoisotopic (exact) mass is 403 g/mol. The molecule has 2 aromatic heterocycles. The van der Waals surface area contributed by atoms with Gasteiger partial charge in [-0.15, -0.1) is 0 Å². The van der Waals surface area contributed by atoms with Gasteiger partial charge in [0.2, 0.25) is 5.95 Å². The average molecular weight is 404 g/mol. The Morgan fingerprint density at radius 2 is 1.63 bits per heavy atom. The number of hydrogen-bond donors (Lipinski definition) is 1. The molecule has 0 saturated carbocycles. The van der Waals surface area contributed by atoms with Crippen molar-refractivity contribution in [2.24, 2.45) is 0 Å². The number of rotatable bonds is 5. The van der Waals surface area contributed by atoms with Crippen LogP contribution in [0.5, 0.6) is 0 Å². The lowest BCUT2D eigenvalue weighted by Crippen LogP contribution is -2.47. The van der Waals surface area contributed by atoms with Crippen molar-refractivity contribution in [2.45, 2.75) is 13.8 Å². The molecular weight excluding hydrogens is 374 g/mol. The number of benzene rings is 1. The van der Waals surface area contributed by atoms with Crippen LogP contribution in [0.15, 0.2) is 48.7 Å². The second kappa shape index (κ2) is 8.57. The first kappa shape index (κ1) is 19.9. The van der Waals surface area contributed by atoms with E-state index in [0.717, 1.165) is 55.3 Å². The van der Waals surface area contributed by atoms with Gasteiger partial charge in [0.05, 0.1) is 0 Å². The Bertz CT molecular complexity index is 996. The number of aryl methyl sites for hydroxylation is 2. The second-order valence-corrected chi connectivity index (χ2v) is 7.89. The standard InChI is InChI=1S/C23H29N7/c1-17-8-9-19(15-18(17)2)25-20-16-22(28(3)4)27-23(26-20)30-13-11-29(12-14-30)21-7-5-6-10-24-21/h5-10,15-16H,11-14H2,1-4H3,(H,25,26,27). The van der Waals surface area contributed by atoms with Crippen LogP contribution < -0.4 is 20.0 Å². The third-order valence-corrected chi connectivity index (χ3v) is 5.47. The van der Waals surface area contributed by atoms with Gasteiger partial charge in [-0.2, -0.15) is 9.97 Å². The Kier molecular flexibility index (Phi) is 5.70. The number of nitrogens with one attached hydrogen (secondary N) is 1. The minimum Gasteiger partial charge on any atom is -0.363 e. The number of anilines is 5. The maximum absolute atomic E-state index is 4.83. The lowest BCUT2D eigenvalue weighted by atomic mass is 10.1. The fraction of sp³-hybridized carbons (Fsp3) is 0.348. The highest BCUT2D eigenvalue weighted by Gasteiger charge is 2.21. The summed E-state index contributed by atoms with van der Waals surface area (Å²) in [7, 11) is 4.01. The molecule has 1 aliphatic rings. The number of pyridine rings is 1.